The van der Waals surface area contributed by atoms with Crippen LogP contribution in [0.5, 0.6) is 0 Å². The van der Waals surface area contributed by atoms with E-state index in [2.05, 4.69) is 18.7 Å². The maximum atomic E-state index is 12.5. The Balaban J connectivity index is 2.04. The predicted octanol–water partition coefficient (Wildman–Crippen LogP) is 2.01. The van der Waals surface area contributed by atoms with Gasteiger partial charge in [0.1, 0.15) is 0 Å². The van der Waals surface area contributed by atoms with Gasteiger partial charge in [0, 0.05) is 19.1 Å². The fourth-order valence-electron chi connectivity index (χ4n) is 3.55. The summed E-state index contributed by atoms with van der Waals surface area (Å²) in [4.78, 5) is 14.7. The Kier molecular flexibility index (Phi) is 4.08. The van der Waals surface area contributed by atoms with Crippen molar-refractivity contribution >= 4 is 5.91 Å². The molecule has 2 fully saturated rings. The molecule has 2 N–H and O–H groups in total. The Morgan fingerprint density at radius 1 is 1.29 bits per heavy atom. The van der Waals surface area contributed by atoms with Crippen LogP contribution in [-0.2, 0) is 4.79 Å². The summed E-state index contributed by atoms with van der Waals surface area (Å²) in [6.07, 6.45) is 6.40. The number of likely N-dealkylation sites (tertiary alicyclic amines) is 1. The van der Waals surface area contributed by atoms with Crippen LogP contribution in [0.4, 0.5) is 0 Å². The Hall–Kier alpha value is -0.570. The van der Waals surface area contributed by atoms with Gasteiger partial charge in [0.2, 0.25) is 5.91 Å². The van der Waals surface area contributed by atoms with Crippen LogP contribution in [0, 0.1) is 17.8 Å². The minimum atomic E-state index is 0.0238. The van der Waals surface area contributed by atoms with Crippen molar-refractivity contribution in [1.82, 2.24) is 4.90 Å². The largest absolute Gasteiger partial charge is 0.339 e. The van der Waals surface area contributed by atoms with E-state index in [9.17, 15) is 4.79 Å². The molecule has 1 aliphatic heterocycles. The summed E-state index contributed by atoms with van der Waals surface area (Å²) in [5.41, 5.74) is 5.76. The summed E-state index contributed by atoms with van der Waals surface area (Å²) < 4.78 is 0. The molecule has 0 aromatic heterocycles. The molecule has 3 atom stereocenters. The number of hydrogen-bond donors (Lipinski definition) is 1. The van der Waals surface area contributed by atoms with Crippen molar-refractivity contribution in [2.75, 3.05) is 13.1 Å². The number of nitrogens with two attached hydrogens (primary N) is 1. The van der Waals surface area contributed by atoms with Crippen molar-refractivity contribution < 1.29 is 4.79 Å². The Morgan fingerprint density at radius 2 is 2.00 bits per heavy atom. The van der Waals surface area contributed by atoms with Gasteiger partial charge >= 0.3 is 0 Å². The molecule has 0 spiro atoms. The van der Waals surface area contributed by atoms with Crippen molar-refractivity contribution in [3.05, 3.63) is 0 Å². The van der Waals surface area contributed by atoms with Gasteiger partial charge in [-0.05, 0) is 31.1 Å². The molecule has 1 heterocycles. The monoisotopic (exact) mass is 238 g/mol. The zero-order chi connectivity index (χ0) is 12.4. The van der Waals surface area contributed by atoms with E-state index in [0.29, 0.717) is 24.4 Å². The van der Waals surface area contributed by atoms with Gasteiger partial charge in [0.25, 0.3) is 0 Å². The van der Waals surface area contributed by atoms with Crippen molar-refractivity contribution in [3.8, 4) is 0 Å². The smallest absolute Gasteiger partial charge is 0.227 e. The van der Waals surface area contributed by atoms with Gasteiger partial charge < -0.3 is 10.6 Å². The maximum Gasteiger partial charge on any atom is 0.227 e. The molecule has 0 bridgehead atoms. The summed E-state index contributed by atoms with van der Waals surface area (Å²) in [5, 5.41) is 0. The first-order valence-electron chi connectivity index (χ1n) is 7.15. The number of carbonyl (C=O) groups excluding carboxylic acids is 1. The van der Waals surface area contributed by atoms with Crippen LogP contribution in [0.2, 0.25) is 0 Å². The van der Waals surface area contributed by atoms with E-state index in [4.69, 9.17) is 5.73 Å². The van der Waals surface area contributed by atoms with Crippen LogP contribution in [0.1, 0.15) is 46.0 Å². The molecule has 98 valence electrons. The van der Waals surface area contributed by atoms with Gasteiger partial charge in [-0.1, -0.05) is 26.7 Å². The molecule has 1 saturated heterocycles. The maximum absolute atomic E-state index is 12.5. The number of fused-ring (bicyclic) bond motifs is 1. The molecule has 3 nitrogen and oxygen atoms in total. The van der Waals surface area contributed by atoms with E-state index in [1.165, 1.54) is 32.1 Å². The molecule has 1 amide bonds. The lowest BCUT2D eigenvalue weighted by atomic mass is 9.84. The average molecular weight is 238 g/mol. The molecule has 2 aliphatic rings. The van der Waals surface area contributed by atoms with E-state index >= 15 is 0 Å². The number of rotatable bonds is 3. The van der Waals surface area contributed by atoms with Gasteiger partial charge in [-0.3, -0.25) is 4.79 Å². The summed E-state index contributed by atoms with van der Waals surface area (Å²) >= 11 is 0. The van der Waals surface area contributed by atoms with Crippen LogP contribution in [0.3, 0.4) is 0 Å². The second kappa shape index (κ2) is 5.38. The summed E-state index contributed by atoms with van der Waals surface area (Å²) in [5.74, 6) is 1.47. The topological polar surface area (TPSA) is 46.3 Å². The summed E-state index contributed by atoms with van der Waals surface area (Å²) in [7, 11) is 0. The fraction of sp³-hybridized carbons (Fsp3) is 0.929. The van der Waals surface area contributed by atoms with E-state index in [0.717, 1.165) is 12.5 Å². The highest BCUT2D eigenvalue weighted by molar-refractivity contribution is 5.80. The zero-order valence-corrected chi connectivity index (χ0v) is 11.2. The van der Waals surface area contributed by atoms with Gasteiger partial charge in [0.15, 0.2) is 0 Å². The van der Waals surface area contributed by atoms with Gasteiger partial charge in [-0.25, -0.2) is 0 Å². The minimum Gasteiger partial charge on any atom is -0.339 e. The van der Waals surface area contributed by atoms with Crippen LogP contribution in [0.25, 0.3) is 0 Å². The first kappa shape index (κ1) is 12.9. The molecule has 17 heavy (non-hydrogen) atoms. The van der Waals surface area contributed by atoms with Crippen LogP contribution in [-0.4, -0.2) is 29.9 Å². The second-order valence-electron chi connectivity index (χ2n) is 6.02. The molecular weight excluding hydrogens is 212 g/mol. The Labute approximate surface area is 105 Å². The highest BCUT2D eigenvalue weighted by atomic mass is 16.2. The normalized spacial score (nSPS) is 30.5. The number of carbonyl (C=O) groups is 1. The lowest BCUT2D eigenvalue weighted by molar-refractivity contribution is -0.138. The van der Waals surface area contributed by atoms with E-state index in [1.54, 1.807) is 0 Å². The predicted molar refractivity (Wildman–Crippen MR) is 69.5 cm³/mol. The first-order valence-corrected chi connectivity index (χ1v) is 7.15. The highest BCUT2D eigenvalue weighted by Gasteiger charge is 2.40. The average Bonchev–Trinajstić information content (AvgIpc) is 2.72. The highest BCUT2D eigenvalue weighted by Crippen LogP contribution is 2.37. The van der Waals surface area contributed by atoms with Crippen LogP contribution < -0.4 is 5.73 Å². The third-order valence-corrected chi connectivity index (χ3v) is 4.67. The third-order valence-electron chi connectivity index (χ3n) is 4.67. The van der Waals surface area contributed by atoms with Crippen molar-refractivity contribution in [2.24, 2.45) is 23.5 Å². The number of nitrogens with zero attached hydrogens (tertiary/aromatic N) is 1. The fourth-order valence-corrected chi connectivity index (χ4v) is 3.55. The van der Waals surface area contributed by atoms with Gasteiger partial charge in [-0.15, -0.1) is 0 Å². The second-order valence-corrected chi connectivity index (χ2v) is 6.02. The lowest BCUT2D eigenvalue weighted by Crippen LogP contribution is -2.45. The van der Waals surface area contributed by atoms with E-state index in [-0.39, 0.29) is 5.92 Å². The van der Waals surface area contributed by atoms with Crippen LogP contribution in [0.15, 0.2) is 0 Å². The van der Waals surface area contributed by atoms with E-state index in [1.807, 2.05) is 0 Å². The molecule has 2 rings (SSSR count). The quantitative estimate of drug-likeness (QED) is 0.817. The SMILES string of the molecule is CC(C)C(CN)C(=O)N1CCC2CCCCC21. The summed E-state index contributed by atoms with van der Waals surface area (Å²) in [6.45, 7) is 5.66. The minimum absolute atomic E-state index is 0.0238. The molecule has 3 unspecified atom stereocenters. The lowest BCUT2D eigenvalue weighted by Gasteiger charge is -2.34. The number of hydrogen-bond acceptors (Lipinski definition) is 2. The summed E-state index contributed by atoms with van der Waals surface area (Å²) in [6, 6.07) is 0.532. The molecule has 0 aromatic carbocycles. The van der Waals surface area contributed by atoms with Gasteiger partial charge in [0.05, 0.1) is 5.92 Å². The van der Waals surface area contributed by atoms with Crippen molar-refractivity contribution in [2.45, 2.75) is 52.0 Å². The molecular formula is C14H26N2O. The number of amides is 1. The van der Waals surface area contributed by atoms with E-state index < -0.39 is 0 Å². The molecule has 3 heteroatoms. The molecule has 1 aliphatic carbocycles. The Bertz CT molecular complexity index is 277. The third kappa shape index (κ3) is 2.49. The molecule has 0 radical (unpaired) electrons. The van der Waals surface area contributed by atoms with Crippen molar-refractivity contribution in [3.63, 3.8) is 0 Å². The molecule has 0 aromatic rings. The van der Waals surface area contributed by atoms with Crippen LogP contribution >= 0.6 is 0 Å². The zero-order valence-electron chi connectivity index (χ0n) is 11.2. The van der Waals surface area contributed by atoms with Crippen molar-refractivity contribution in [1.29, 1.82) is 0 Å². The Morgan fingerprint density at radius 3 is 2.65 bits per heavy atom. The van der Waals surface area contributed by atoms with Gasteiger partial charge in [-0.2, -0.15) is 0 Å². The molecule has 1 saturated carbocycles. The standard InChI is InChI=1S/C14H26N2O/c1-10(2)12(9-15)14(17)16-8-7-11-5-3-4-6-13(11)16/h10-13H,3-9,15H2,1-2H3. The first-order chi connectivity index (χ1) is 8.15.